The van der Waals surface area contributed by atoms with Gasteiger partial charge in [-0.05, 0) is 55.7 Å². The van der Waals surface area contributed by atoms with Gasteiger partial charge in [0.15, 0.2) is 0 Å². The van der Waals surface area contributed by atoms with Gasteiger partial charge in [0.05, 0.1) is 5.56 Å². The summed E-state index contributed by atoms with van der Waals surface area (Å²) in [4.78, 5) is 38.5. The Kier molecular flexibility index (Phi) is 6.49. The minimum atomic E-state index is -4.49. The summed E-state index contributed by atoms with van der Waals surface area (Å²) in [6, 6.07) is 10.2. The summed E-state index contributed by atoms with van der Waals surface area (Å²) in [5.41, 5.74) is -1.31. The van der Waals surface area contributed by atoms with E-state index in [2.05, 4.69) is 10.6 Å². The number of carbonyl (C=O) groups excluding carboxylic acids is 3. The number of halogens is 3. The highest BCUT2D eigenvalue weighted by Gasteiger charge is 2.52. The van der Waals surface area contributed by atoms with Crippen LogP contribution in [0.2, 0.25) is 0 Å². The third-order valence-corrected chi connectivity index (χ3v) is 6.04. The average Bonchev–Trinajstić information content (AvgIpc) is 3.36. The number of amides is 4. The molecule has 0 bridgehead atoms. The maximum Gasteiger partial charge on any atom is 0.416 e. The Bertz CT molecular complexity index is 1100. The van der Waals surface area contributed by atoms with E-state index in [9.17, 15) is 27.6 Å². The number of hydrogen-bond donors (Lipinski definition) is 2. The molecular weight excluding hydrogens is 451 g/mol. The van der Waals surface area contributed by atoms with Crippen LogP contribution in [0.5, 0.6) is 11.5 Å². The molecule has 1 heterocycles. The van der Waals surface area contributed by atoms with Crippen LogP contribution in [-0.4, -0.2) is 41.4 Å². The Labute approximate surface area is 194 Å². The summed E-state index contributed by atoms with van der Waals surface area (Å²) in [6.45, 7) is 0.437. The van der Waals surface area contributed by atoms with Crippen LogP contribution in [-0.2, 0) is 11.0 Å². The highest BCUT2D eigenvalue weighted by molar-refractivity contribution is 6.07. The van der Waals surface area contributed by atoms with E-state index in [-0.39, 0.29) is 36.1 Å². The molecule has 34 heavy (non-hydrogen) atoms. The summed E-state index contributed by atoms with van der Waals surface area (Å²) in [5, 5.41) is 5.54. The van der Waals surface area contributed by atoms with Crippen molar-refractivity contribution in [2.45, 2.75) is 43.8 Å². The largest absolute Gasteiger partial charge is 0.457 e. The molecule has 1 aliphatic heterocycles. The van der Waals surface area contributed by atoms with Crippen LogP contribution in [0.3, 0.4) is 0 Å². The van der Waals surface area contributed by atoms with Gasteiger partial charge in [-0.1, -0.05) is 25.0 Å². The van der Waals surface area contributed by atoms with Gasteiger partial charge < -0.3 is 15.4 Å². The Balaban J connectivity index is 1.29. The molecule has 2 N–H and O–H groups in total. The zero-order chi connectivity index (χ0) is 24.3. The van der Waals surface area contributed by atoms with Crippen molar-refractivity contribution in [3.05, 3.63) is 59.7 Å². The molecule has 1 aliphatic carbocycles. The molecule has 0 atom stereocenters. The first kappa shape index (κ1) is 23.6. The highest BCUT2D eigenvalue weighted by Crippen LogP contribution is 2.35. The van der Waals surface area contributed by atoms with Crippen LogP contribution in [0.25, 0.3) is 0 Å². The number of alkyl halides is 3. The van der Waals surface area contributed by atoms with Crippen LogP contribution in [0.4, 0.5) is 18.0 Å². The van der Waals surface area contributed by atoms with Gasteiger partial charge in [0.2, 0.25) is 0 Å². The van der Waals surface area contributed by atoms with Gasteiger partial charge in [-0.3, -0.25) is 14.5 Å². The fourth-order valence-corrected chi connectivity index (χ4v) is 4.31. The smallest absolute Gasteiger partial charge is 0.416 e. The van der Waals surface area contributed by atoms with Gasteiger partial charge in [-0.2, -0.15) is 13.2 Å². The highest BCUT2D eigenvalue weighted by atomic mass is 19.4. The second-order valence-electron chi connectivity index (χ2n) is 8.44. The quantitative estimate of drug-likeness (QED) is 0.457. The second-order valence-corrected chi connectivity index (χ2v) is 8.44. The van der Waals surface area contributed by atoms with Crippen molar-refractivity contribution in [1.82, 2.24) is 15.5 Å². The van der Waals surface area contributed by atoms with Crippen LogP contribution in [0.15, 0.2) is 48.5 Å². The standard InChI is InChI=1S/C24H24F3N3O4/c25-24(26,27)17-7-4-9-19(15-17)34-18-8-3-6-16(14-18)20(31)28-12-5-13-30-21(32)23(29-22(30)33)10-1-2-11-23/h3-4,6-9,14-15H,1-2,5,10-13H2,(H,28,31)(H,29,33). The Morgan fingerprint density at radius 1 is 1.06 bits per heavy atom. The predicted molar refractivity (Wildman–Crippen MR) is 116 cm³/mol. The van der Waals surface area contributed by atoms with E-state index in [0.717, 1.165) is 25.0 Å². The summed E-state index contributed by atoms with van der Waals surface area (Å²) >= 11 is 0. The molecule has 1 spiro atoms. The molecule has 4 amide bonds. The van der Waals surface area contributed by atoms with E-state index in [1.54, 1.807) is 12.1 Å². The van der Waals surface area contributed by atoms with E-state index in [4.69, 9.17) is 4.74 Å². The number of nitrogens with zero attached hydrogens (tertiary/aromatic N) is 1. The monoisotopic (exact) mass is 475 g/mol. The number of urea groups is 1. The lowest BCUT2D eigenvalue weighted by Crippen LogP contribution is -2.44. The number of hydrogen-bond acceptors (Lipinski definition) is 4. The van der Waals surface area contributed by atoms with Gasteiger partial charge in [0.1, 0.15) is 17.0 Å². The summed E-state index contributed by atoms with van der Waals surface area (Å²) in [6.07, 6.45) is -0.965. The number of ether oxygens (including phenoxy) is 1. The fourth-order valence-electron chi connectivity index (χ4n) is 4.31. The van der Waals surface area contributed by atoms with Crippen molar-refractivity contribution in [2.24, 2.45) is 0 Å². The van der Waals surface area contributed by atoms with E-state index in [1.165, 1.54) is 29.2 Å². The van der Waals surface area contributed by atoms with Crippen LogP contribution < -0.4 is 15.4 Å². The van der Waals surface area contributed by atoms with Crippen LogP contribution in [0, 0.1) is 0 Å². The third kappa shape index (κ3) is 5.00. The van der Waals surface area contributed by atoms with Crippen molar-refractivity contribution in [3.63, 3.8) is 0 Å². The number of carbonyl (C=O) groups is 3. The van der Waals surface area contributed by atoms with Gasteiger partial charge in [0, 0.05) is 18.7 Å². The third-order valence-electron chi connectivity index (χ3n) is 6.04. The number of imide groups is 1. The molecule has 180 valence electrons. The molecule has 2 aliphatic rings. The Morgan fingerprint density at radius 2 is 1.74 bits per heavy atom. The first-order chi connectivity index (χ1) is 16.2. The van der Waals surface area contributed by atoms with Crippen molar-refractivity contribution < 1.29 is 32.3 Å². The van der Waals surface area contributed by atoms with Gasteiger partial charge in [-0.15, -0.1) is 0 Å². The van der Waals surface area contributed by atoms with Crippen LogP contribution in [0.1, 0.15) is 48.0 Å². The zero-order valence-corrected chi connectivity index (χ0v) is 18.3. The molecule has 2 fully saturated rings. The molecule has 0 unspecified atom stereocenters. The molecule has 0 radical (unpaired) electrons. The SMILES string of the molecule is O=C(NCCCN1C(=O)NC2(CCCC2)C1=O)c1cccc(Oc2cccc(C(F)(F)F)c2)c1. The molecule has 4 rings (SSSR count). The van der Waals surface area contributed by atoms with Gasteiger partial charge >= 0.3 is 12.2 Å². The van der Waals surface area contributed by atoms with Crippen molar-refractivity contribution in [3.8, 4) is 11.5 Å². The normalized spacial score (nSPS) is 17.2. The molecule has 1 saturated heterocycles. The summed E-state index contributed by atoms with van der Waals surface area (Å²) in [5.74, 6) is -0.381. The van der Waals surface area contributed by atoms with Crippen molar-refractivity contribution >= 4 is 17.8 Å². The average molecular weight is 475 g/mol. The predicted octanol–water partition coefficient (Wildman–Crippen LogP) is 4.48. The maximum atomic E-state index is 12.9. The van der Waals surface area contributed by atoms with Crippen molar-refractivity contribution in [2.75, 3.05) is 13.1 Å². The Morgan fingerprint density at radius 3 is 2.44 bits per heavy atom. The zero-order valence-electron chi connectivity index (χ0n) is 18.3. The molecule has 2 aromatic rings. The summed E-state index contributed by atoms with van der Waals surface area (Å²) in [7, 11) is 0. The second kappa shape index (κ2) is 9.36. The van der Waals surface area contributed by atoms with Gasteiger partial charge in [0.25, 0.3) is 11.8 Å². The molecular formula is C24H24F3N3O4. The lowest BCUT2D eigenvalue weighted by Gasteiger charge is -2.20. The molecule has 2 aromatic carbocycles. The number of benzene rings is 2. The van der Waals surface area contributed by atoms with E-state index in [0.29, 0.717) is 19.3 Å². The molecule has 7 nitrogen and oxygen atoms in total. The van der Waals surface area contributed by atoms with Gasteiger partial charge in [-0.25, -0.2) is 4.79 Å². The molecule has 0 aromatic heterocycles. The Hall–Kier alpha value is -3.56. The topological polar surface area (TPSA) is 87.7 Å². The fraction of sp³-hybridized carbons (Fsp3) is 0.375. The first-order valence-corrected chi connectivity index (χ1v) is 11.1. The summed E-state index contributed by atoms with van der Waals surface area (Å²) < 4.78 is 44.2. The van der Waals surface area contributed by atoms with E-state index < -0.39 is 29.2 Å². The lowest BCUT2D eigenvalue weighted by molar-refractivity contribution is -0.137. The van der Waals surface area contributed by atoms with E-state index >= 15 is 0 Å². The van der Waals surface area contributed by atoms with Crippen LogP contribution >= 0.6 is 0 Å². The molecule has 1 saturated carbocycles. The minimum absolute atomic E-state index is 0.000902. The van der Waals surface area contributed by atoms with E-state index in [1.807, 2.05) is 0 Å². The maximum absolute atomic E-state index is 12.9. The first-order valence-electron chi connectivity index (χ1n) is 11.1. The van der Waals surface area contributed by atoms with Crippen molar-refractivity contribution in [1.29, 1.82) is 0 Å². The molecule has 10 heteroatoms. The minimum Gasteiger partial charge on any atom is -0.457 e. The number of rotatable bonds is 7. The lowest BCUT2D eigenvalue weighted by atomic mass is 9.98. The number of nitrogens with one attached hydrogen (secondary N) is 2.